The van der Waals surface area contributed by atoms with Crippen LogP contribution in [0.3, 0.4) is 0 Å². The Kier molecular flexibility index (Phi) is 15.1. The van der Waals surface area contributed by atoms with Crippen molar-refractivity contribution in [2.75, 3.05) is 12.3 Å². The summed E-state index contributed by atoms with van der Waals surface area (Å²) in [5, 5.41) is 0. The molecular formula is C8H21AlClP. The molecule has 0 atom stereocenters. The van der Waals surface area contributed by atoms with Gasteiger partial charge in [0.05, 0.1) is 0 Å². The molecule has 0 amide bonds. The molecule has 0 aliphatic carbocycles. The maximum absolute atomic E-state index is 6.10. The molecule has 0 aliphatic rings. The third kappa shape index (κ3) is 11.3. The van der Waals surface area contributed by atoms with E-state index >= 15 is 0 Å². The van der Waals surface area contributed by atoms with Crippen molar-refractivity contribution in [3.63, 3.8) is 0 Å². The Balaban J connectivity index is 0. The third-order valence-corrected chi connectivity index (χ3v) is 4.13. The zero-order chi connectivity index (χ0) is 7.82. The number of rotatable bonds is 6. The van der Waals surface area contributed by atoms with E-state index in [1.807, 2.05) is 0 Å². The van der Waals surface area contributed by atoms with Gasteiger partial charge in [0.2, 0.25) is 0 Å². The van der Waals surface area contributed by atoms with Crippen LogP contribution >= 0.6 is 18.5 Å². The van der Waals surface area contributed by atoms with Crippen LogP contribution in [-0.4, -0.2) is 29.7 Å². The van der Waals surface area contributed by atoms with Crippen LogP contribution in [0.25, 0.3) is 0 Å². The molecule has 0 unspecified atom stereocenters. The summed E-state index contributed by atoms with van der Waals surface area (Å²) in [5.41, 5.74) is 0. The van der Waals surface area contributed by atoms with Crippen molar-refractivity contribution >= 4 is 35.9 Å². The van der Waals surface area contributed by atoms with Gasteiger partial charge < -0.3 is 0 Å². The smallest absolute Gasteiger partial charge is 0.0964 e. The molecule has 0 aromatic carbocycles. The second-order valence-corrected chi connectivity index (χ2v) is 5.87. The van der Waals surface area contributed by atoms with Crippen molar-refractivity contribution < 1.29 is 0 Å². The summed E-state index contributed by atoms with van der Waals surface area (Å²) in [6, 6.07) is 0. The average Bonchev–Trinajstić information content (AvgIpc) is 1.97. The summed E-state index contributed by atoms with van der Waals surface area (Å²) < 4.78 is 0. The lowest BCUT2D eigenvalue weighted by Gasteiger charge is -2.06. The van der Waals surface area contributed by atoms with E-state index < -0.39 is 0 Å². The van der Waals surface area contributed by atoms with Crippen LogP contribution in [0.15, 0.2) is 0 Å². The zero-order valence-corrected chi connectivity index (χ0v) is 8.72. The van der Waals surface area contributed by atoms with Crippen LogP contribution < -0.4 is 0 Å². The highest BCUT2D eigenvalue weighted by atomic mass is 35.7. The molecule has 0 fully saturated rings. The van der Waals surface area contributed by atoms with Gasteiger partial charge in [0.15, 0.2) is 17.4 Å². The van der Waals surface area contributed by atoms with E-state index in [0.717, 1.165) is 0 Å². The Hall–Kier alpha value is 1.25. The van der Waals surface area contributed by atoms with E-state index in [1.54, 1.807) is 0 Å². The van der Waals surface area contributed by atoms with Gasteiger partial charge in [-0.15, -0.1) is 0 Å². The van der Waals surface area contributed by atoms with Gasteiger partial charge in [-0.1, -0.05) is 37.9 Å². The molecule has 0 spiro atoms. The molecule has 0 heterocycles. The topological polar surface area (TPSA) is 0 Å². The largest absolute Gasteiger partial charge is 0.187 e. The van der Waals surface area contributed by atoms with Crippen LogP contribution in [0.4, 0.5) is 0 Å². The second-order valence-electron chi connectivity index (χ2n) is 2.62. The lowest BCUT2D eigenvalue weighted by molar-refractivity contribution is 0.872. The fourth-order valence-electron chi connectivity index (χ4n) is 0.771. The Labute approximate surface area is 87.8 Å². The predicted octanol–water partition coefficient (Wildman–Crippen LogP) is 3.04. The fourth-order valence-corrected chi connectivity index (χ4v) is 3.03. The lowest BCUT2D eigenvalue weighted by Crippen LogP contribution is -1.84. The number of unbranched alkanes of at least 4 members (excludes halogenated alkanes) is 2. The van der Waals surface area contributed by atoms with Crippen LogP contribution in [0.5, 0.6) is 0 Å². The summed E-state index contributed by atoms with van der Waals surface area (Å²) in [6.07, 6.45) is 7.76. The summed E-state index contributed by atoms with van der Waals surface area (Å²) >= 11 is 6.10. The summed E-state index contributed by atoms with van der Waals surface area (Å²) in [5.74, 6) is 0. The number of hydrogen-bond donors (Lipinski definition) is 0. The molecule has 0 N–H and O–H groups in total. The van der Waals surface area contributed by atoms with Crippen molar-refractivity contribution in [2.24, 2.45) is 0 Å². The maximum Gasteiger partial charge on any atom is 0.187 e. The monoisotopic (exact) mass is 210 g/mol. The molecule has 3 heteroatoms. The number of hydrogen-bond acceptors (Lipinski definition) is 0. The van der Waals surface area contributed by atoms with E-state index in [4.69, 9.17) is 11.2 Å². The van der Waals surface area contributed by atoms with Gasteiger partial charge in [-0.3, -0.25) is 0 Å². The molecule has 0 bridgehead atoms. The van der Waals surface area contributed by atoms with Gasteiger partial charge in [-0.25, -0.2) is 0 Å². The van der Waals surface area contributed by atoms with E-state index in [9.17, 15) is 0 Å². The first kappa shape index (κ1) is 14.8. The number of halogens is 1. The minimum Gasteiger partial charge on any atom is -0.0964 e. The zero-order valence-electron chi connectivity index (χ0n) is 7.07. The molecule has 68 valence electrons. The molecule has 0 saturated carbocycles. The Morgan fingerprint density at radius 1 is 1.00 bits per heavy atom. The normalized spacial score (nSPS) is 9.82. The molecule has 0 aromatic heterocycles. The first-order valence-electron chi connectivity index (χ1n) is 4.22. The third-order valence-electron chi connectivity index (χ3n) is 1.51. The van der Waals surface area contributed by atoms with Crippen molar-refractivity contribution in [2.45, 2.75) is 39.5 Å². The Morgan fingerprint density at radius 2 is 1.36 bits per heavy atom. The van der Waals surface area contributed by atoms with Crippen LogP contribution in [-0.2, 0) is 0 Å². The van der Waals surface area contributed by atoms with E-state index in [-0.39, 0.29) is 24.6 Å². The highest BCUT2D eigenvalue weighted by molar-refractivity contribution is 7.83. The molecule has 0 radical (unpaired) electrons. The lowest BCUT2D eigenvalue weighted by atomic mass is 10.4. The molecule has 0 rings (SSSR count). The molecule has 11 heavy (non-hydrogen) atoms. The summed E-state index contributed by atoms with van der Waals surface area (Å²) in [7, 11) is -0.120. The molecule has 0 nitrogen and oxygen atoms in total. The van der Waals surface area contributed by atoms with Gasteiger partial charge in [-0.2, -0.15) is 0 Å². The van der Waals surface area contributed by atoms with Gasteiger partial charge in [-0.05, 0) is 32.4 Å². The van der Waals surface area contributed by atoms with Crippen molar-refractivity contribution in [3.8, 4) is 0 Å². The van der Waals surface area contributed by atoms with E-state index in [2.05, 4.69) is 13.8 Å². The van der Waals surface area contributed by atoms with Gasteiger partial charge in [0.1, 0.15) is 0 Å². The first-order valence-corrected chi connectivity index (χ1v) is 6.83. The maximum atomic E-state index is 6.10. The van der Waals surface area contributed by atoms with Crippen molar-refractivity contribution in [3.05, 3.63) is 0 Å². The van der Waals surface area contributed by atoms with Crippen LogP contribution in [0.2, 0.25) is 0 Å². The van der Waals surface area contributed by atoms with Crippen molar-refractivity contribution in [1.82, 2.24) is 0 Å². The Bertz CT molecular complexity index is 63.1. The first-order chi connectivity index (χ1) is 4.81. The standard InChI is InChI=1S/C8H18ClP.Al.3H/c1-3-5-7-10(9)8-6-4-2;;;;/h3-8H2,1-2H3;;;;. The quantitative estimate of drug-likeness (QED) is 0.467. The predicted molar refractivity (Wildman–Crippen MR) is 62.3 cm³/mol. The minimum absolute atomic E-state index is 0. The molecule has 0 saturated heterocycles. The Morgan fingerprint density at radius 3 is 1.64 bits per heavy atom. The second kappa shape index (κ2) is 11.3. The summed E-state index contributed by atoms with van der Waals surface area (Å²) in [6.45, 7) is 4.44. The molecule has 0 aromatic rings. The van der Waals surface area contributed by atoms with E-state index in [0.29, 0.717) is 0 Å². The average molecular weight is 211 g/mol. The highest BCUT2D eigenvalue weighted by Crippen LogP contribution is 2.42. The fraction of sp³-hybridized carbons (Fsp3) is 1.00. The highest BCUT2D eigenvalue weighted by Gasteiger charge is 2.00. The SMILES string of the molecule is CCCCP(Cl)CCCC.[AlH3]. The van der Waals surface area contributed by atoms with Gasteiger partial charge >= 0.3 is 0 Å². The van der Waals surface area contributed by atoms with Crippen LogP contribution in [0.1, 0.15) is 39.5 Å². The molecular weight excluding hydrogens is 189 g/mol. The minimum atomic E-state index is -0.120. The van der Waals surface area contributed by atoms with Crippen LogP contribution in [0, 0.1) is 0 Å². The molecule has 0 aliphatic heterocycles. The van der Waals surface area contributed by atoms with Gasteiger partial charge in [0, 0.05) is 0 Å². The van der Waals surface area contributed by atoms with E-state index in [1.165, 1.54) is 38.0 Å². The van der Waals surface area contributed by atoms with Crippen molar-refractivity contribution in [1.29, 1.82) is 0 Å². The van der Waals surface area contributed by atoms with Gasteiger partial charge in [0.25, 0.3) is 0 Å². The summed E-state index contributed by atoms with van der Waals surface area (Å²) in [4.78, 5) is 0.